The molecule has 0 atom stereocenters. The Morgan fingerprint density at radius 1 is 0.202 bits per heavy atom. The molecule has 5 nitrogen and oxygen atoms in total. The van der Waals surface area contributed by atoms with Gasteiger partial charge in [-0.15, -0.1) is 12.1 Å². The molecule has 466 valence electrons. The van der Waals surface area contributed by atoms with Gasteiger partial charge in [0.15, 0.2) is 0 Å². The summed E-state index contributed by atoms with van der Waals surface area (Å²) in [5.41, 5.74) is 21.3. The summed E-state index contributed by atoms with van der Waals surface area (Å²) in [6.45, 7) is 27.5. The first kappa shape index (κ1) is 66.7. The van der Waals surface area contributed by atoms with Gasteiger partial charge in [-0.05, 0) is 147 Å². The van der Waals surface area contributed by atoms with Crippen LogP contribution in [0.2, 0.25) is 0 Å². The van der Waals surface area contributed by atoms with Crippen LogP contribution in [-0.4, -0.2) is 10.1 Å². The van der Waals surface area contributed by atoms with Crippen molar-refractivity contribution >= 4 is 95.4 Å². The van der Waals surface area contributed by atoms with E-state index in [0.717, 1.165) is 73.9 Å². The van der Waals surface area contributed by atoms with Gasteiger partial charge in [0.05, 0.1) is 11.4 Å². The second kappa shape index (κ2) is 28.8. The predicted molar refractivity (Wildman–Crippen MR) is 405 cm³/mol. The fraction of sp³-hybridized carbons (Fsp3) is 0.182. The standard InChI is InChI=1S/C50H48N3.C38H39N2.Be/c1-49(2,3)45-31-19-21-33-47(45)53(48-34-22-20-32-46(48)50(4,5)6)44-36-42(51(38-23-11-7-12-24-38)39-25-13-8-14-26-39)35-43(37-44)52(40-27-15-9-16-28-40)41-29-17-10-18-30-41;1-37(2,3)33-24-13-15-26-35(33)40(36-27-16-14-25-34(36)38(4,5)6)32-23-17-22-31(28-32)39(29-18-9-7-10-19-29)30-20-11-8-12-21-30;/h7-17,19-37H,1-6H3;7-16,18-28H,1-6H3;/q2*-1;+2. The SMILES string of the molecule is CC(C)(C)c1ccccc1N(c1c[c-]cc(N(c2ccccc2)c2ccccc2)c1)c1ccccc1C(C)(C)C.CC(C)(C)c1ccccc1N(c1cc(N(c2c[c-]ccc2)c2ccccc2)cc(N(c2ccccc2)c2ccccc2)c1)c1ccccc1C(C)(C)C.[Be+2]. The fourth-order valence-corrected chi connectivity index (χ4v) is 12.4. The van der Waals surface area contributed by atoms with Crippen molar-refractivity contribution in [3.05, 3.63) is 344 Å². The number of hydrogen-bond acceptors (Lipinski definition) is 5. The van der Waals surface area contributed by atoms with Crippen LogP contribution in [0.1, 0.15) is 105 Å². The molecule has 0 aliphatic carbocycles. The molecule has 94 heavy (non-hydrogen) atoms. The molecular formula is C88H87BeN5. The van der Waals surface area contributed by atoms with Crippen molar-refractivity contribution in [2.75, 3.05) is 24.5 Å². The van der Waals surface area contributed by atoms with E-state index in [1.807, 2.05) is 6.07 Å². The van der Waals surface area contributed by atoms with Crippen LogP contribution in [-0.2, 0) is 21.7 Å². The molecule has 0 radical (unpaired) electrons. The zero-order valence-electron chi connectivity index (χ0n) is 56.9. The Balaban J connectivity index is 0.000000211. The summed E-state index contributed by atoms with van der Waals surface area (Å²) in [6.07, 6.45) is 0. The van der Waals surface area contributed by atoms with E-state index in [1.54, 1.807) is 0 Å². The van der Waals surface area contributed by atoms with Gasteiger partial charge in [0, 0.05) is 56.9 Å². The number of hydrogen-bond donors (Lipinski definition) is 0. The quantitative estimate of drug-likeness (QED) is 0.0749. The maximum atomic E-state index is 3.50. The van der Waals surface area contributed by atoms with E-state index in [2.05, 4.69) is 423 Å². The summed E-state index contributed by atoms with van der Waals surface area (Å²) in [5.74, 6) is 0. The second-order valence-electron chi connectivity index (χ2n) is 27.8. The second-order valence-corrected chi connectivity index (χ2v) is 27.8. The summed E-state index contributed by atoms with van der Waals surface area (Å²) in [5, 5.41) is 0. The van der Waals surface area contributed by atoms with Gasteiger partial charge in [0.25, 0.3) is 0 Å². The molecule has 12 rings (SSSR count). The summed E-state index contributed by atoms with van der Waals surface area (Å²) >= 11 is 0. The van der Waals surface area contributed by atoms with Crippen molar-refractivity contribution in [3.8, 4) is 0 Å². The molecule has 12 aromatic rings. The van der Waals surface area contributed by atoms with Gasteiger partial charge in [-0.1, -0.05) is 264 Å². The Morgan fingerprint density at radius 2 is 0.415 bits per heavy atom. The third kappa shape index (κ3) is 15.1. The van der Waals surface area contributed by atoms with E-state index in [1.165, 1.54) is 33.6 Å². The van der Waals surface area contributed by atoms with E-state index in [0.29, 0.717) is 0 Å². The molecule has 0 amide bonds. The monoisotopic (exact) mass is 1220 g/mol. The van der Waals surface area contributed by atoms with E-state index >= 15 is 0 Å². The largest absolute Gasteiger partial charge is 2.00 e. The van der Waals surface area contributed by atoms with Crippen LogP contribution in [0.25, 0.3) is 0 Å². The molecule has 0 N–H and O–H groups in total. The molecule has 6 heteroatoms. The minimum absolute atomic E-state index is 0. The molecule has 0 aliphatic rings. The first-order valence-corrected chi connectivity index (χ1v) is 32.5. The Morgan fingerprint density at radius 3 is 0.702 bits per heavy atom. The molecule has 0 heterocycles. The van der Waals surface area contributed by atoms with E-state index in [9.17, 15) is 0 Å². The maximum absolute atomic E-state index is 3.50. The topological polar surface area (TPSA) is 16.2 Å². The van der Waals surface area contributed by atoms with Crippen LogP contribution in [0.15, 0.2) is 309 Å². The van der Waals surface area contributed by atoms with Crippen molar-refractivity contribution in [1.82, 2.24) is 0 Å². The van der Waals surface area contributed by atoms with E-state index < -0.39 is 0 Å². The number of rotatable bonds is 15. The van der Waals surface area contributed by atoms with Crippen molar-refractivity contribution in [2.45, 2.75) is 105 Å². The van der Waals surface area contributed by atoms with Gasteiger partial charge < -0.3 is 24.5 Å². The van der Waals surface area contributed by atoms with Gasteiger partial charge in [0.2, 0.25) is 0 Å². The zero-order chi connectivity index (χ0) is 65.3. The Kier molecular flexibility index (Phi) is 20.4. The molecule has 0 fully saturated rings. The van der Waals surface area contributed by atoms with Gasteiger partial charge in [0.1, 0.15) is 0 Å². The Hall–Kier alpha value is -10.2. The van der Waals surface area contributed by atoms with Crippen molar-refractivity contribution < 1.29 is 0 Å². The molecule has 0 spiro atoms. The van der Waals surface area contributed by atoms with Crippen LogP contribution >= 0.6 is 0 Å². The summed E-state index contributed by atoms with van der Waals surface area (Å²) in [4.78, 5) is 11.9. The van der Waals surface area contributed by atoms with Crippen LogP contribution in [0.3, 0.4) is 0 Å². The first-order valence-electron chi connectivity index (χ1n) is 32.5. The average molecular weight is 1220 g/mol. The van der Waals surface area contributed by atoms with E-state index in [-0.39, 0.29) is 31.8 Å². The number of nitrogens with zero attached hydrogens (tertiary/aromatic N) is 5. The molecule has 12 aromatic carbocycles. The van der Waals surface area contributed by atoms with Crippen LogP contribution in [0, 0.1) is 12.1 Å². The molecule has 0 aliphatic heterocycles. The van der Waals surface area contributed by atoms with E-state index in [4.69, 9.17) is 0 Å². The van der Waals surface area contributed by atoms with Crippen molar-refractivity contribution in [2.24, 2.45) is 0 Å². The fourth-order valence-electron chi connectivity index (χ4n) is 12.4. The molecular weight excluding hydrogens is 1140 g/mol. The molecule has 0 unspecified atom stereocenters. The number of benzene rings is 12. The third-order valence-corrected chi connectivity index (χ3v) is 16.8. The minimum Gasteiger partial charge on any atom is -0.365 e. The predicted octanol–water partition coefficient (Wildman–Crippen LogP) is 25.1. The summed E-state index contributed by atoms with van der Waals surface area (Å²) < 4.78 is 0. The summed E-state index contributed by atoms with van der Waals surface area (Å²) in [7, 11) is 0. The zero-order valence-corrected chi connectivity index (χ0v) is 56.9. The Labute approximate surface area is 565 Å². The van der Waals surface area contributed by atoms with Gasteiger partial charge >= 0.3 is 10.1 Å². The first-order chi connectivity index (χ1) is 44.7. The summed E-state index contributed by atoms with van der Waals surface area (Å²) in [6, 6.07) is 117. The number of para-hydroxylation sites is 9. The van der Waals surface area contributed by atoms with Crippen molar-refractivity contribution in [1.29, 1.82) is 0 Å². The normalized spacial score (nSPS) is 11.5. The molecule has 0 saturated carbocycles. The maximum Gasteiger partial charge on any atom is 2.00 e. The Bertz CT molecular complexity index is 4040. The van der Waals surface area contributed by atoms with Crippen molar-refractivity contribution in [3.63, 3.8) is 0 Å². The van der Waals surface area contributed by atoms with Crippen LogP contribution in [0.5, 0.6) is 0 Å². The minimum atomic E-state index is -0.109. The molecule has 0 saturated heterocycles. The van der Waals surface area contributed by atoms with Gasteiger partial charge in [-0.25, -0.2) is 0 Å². The smallest absolute Gasteiger partial charge is 0.365 e. The third-order valence-electron chi connectivity index (χ3n) is 16.8. The molecule has 0 aromatic heterocycles. The van der Waals surface area contributed by atoms with Gasteiger partial charge in [-0.2, -0.15) is 42.5 Å². The number of anilines is 15. The van der Waals surface area contributed by atoms with Crippen LogP contribution < -0.4 is 24.5 Å². The molecule has 0 bridgehead atoms. The van der Waals surface area contributed by atoms with Crippen LogP contribution in [0.4, 0.5) is 85.3 Å². The van der Waals surface area contributed by atoms with Gasteiger partial charge in [-0.3, -0.25) is 0 Å². The average Bonchev–Trinajstić information content (AvgIpc) is 0.761.